The van der Waals surface area contributed by atoms with Crippen molar-refractivity contribution < 1.29 is 9.18 Å². The number of benzene rings is 1. The SMILES string of the molecule is CC1=C(C(N)=O)NC(C)c2c1cc(F)cc2-c1ccncc1. The third-order valence-corrected chi connectivity index (χ3v) is 3.96. The molecule has 4 nitrogen and oxygen atoms in total. The summed E-state index contributed by atoms with van der Waals surface area (Å²) in [6.45, 7) is 3.70. The number of pyridine rings is 1. The van der Waals surface area contributed by atoms with Gasteiger partial charge in [-0.25, -0.2) is 4.39 Å². The molecule has 3 rings (SSSR count). The summed E-state index contributed by atoms with van der Waals surface area (Å²) in [5.41, 5.74) is 9.75. The first-order chi connectivity index (χ1) is 10.5. The Labute approximate surface area is 127 Å². The third kappa shape index (κ3) is 2.24. The molecule has 112 valence electrons. The highest BCUT2D eigenvalue weighted by Crippen LogP contribution is 2.39. The standard InChI is InChI=1S/C17H16FN3O/c1-9-13-7-12(18)8-14(11-3-5-20-6-4-11)15(13)10(2)21-16(9)17(19)22/h3-8,10,21H,1-2H3,(H2,19,22). The number of hydrogen-bond donors (Lipinski definition) is 2. The summed E-state index contributed by atoms with van der Waals surface area (Å²) < 4.78 is 14.1. The second kappa shape index (κ2) is 5.26. The third-order valence-electron chi connectivity index (χ3n) is 3.96. The van der Waals surface area contributed by atoms with Crippen molar-refractivity contribution in [3.8, 4) is 11.1 Å². The number of carbonyl (C=O) groups is 1. The second-order valence-electron chi connectivity index (χ2n) is 5.38. The van der Waals surface area contributed by atoms with Gasteiger partial charge in [-0.1, -0.05) is 0 Å². The van der Waals surface area contributed by atoms with Crippen molar-refractivity contribution in [2.24, 2.45) is 5.73 Å². The average Bonchev–Trinajstić information content (AvgIpc) is 2.50. The van der Waals surface area contributed by atoms with Gasteiger partial charge in [-0.2, -0.15) is 0 Å². The Hall–Kier alpha value is -2.69. The van der Waals surface area contributed by atoms with Crippen LogP contribution in [-0.2, 0) is 4.79 Å². The molecule has 0 bridgehead atoms. The highest BCUT2D eigenvalue weighted by atomic mass is 19.1. The Kier molecular flexibility index (Phi) is 3.41. The lowest BCUT2D eigenvalue weighted by atomic mass is 9.85. The van der Waals surface area contributed by atoms with Gasteiger partial charge in [0.1, 0.15) is 11.5 Å². The van der Waals surface area contributed by atoms with Crippen LogP contribution < -0.4 is 11.1 Å². The van der Waals surface area contributed by atoms with Crippen LogP contribution in [-0.4, -0.2) is 10.9 Å². The molecule has 3 N–H and O–H groups in total. The predicted octanol–water partition coefficient (Wildman–Crippen LogP) is 2.77. The van der Waals surface area contributed by atoms with Crippen molar-refractivity contribution >= 4 is 11.5 Å². The van der Waals surface area contributed by atoms with Gasteiger partial charge in [-0.15, -0.1) is 0 Å². The fraction of sp³-hybridized carbons (Fsp3) is 0.176. The molecule has 1 unspecified atom stereocenters. The number of nitrogens with one attached hydrogen (secondary N) is 1. The lowest BCUT2D eigenvalue weighted by Gasteiger charge is -2.29. The molecule has 1 aromatic heterocycles. The van der Waals surface area contributed by atoms with Crippen LogP contribution in [0.15, 0.2) is 42.4 Å². The van der Waals surface area contributed by atoms with Gasteiger partial charge < -0.3 is 11.1 Å². The fourth-order valence-corrected chi connectivity index (χ4v) is 2.95. The zero-order valence-corrected chi connectivity index (χ0v) is 12.4. The van der Waals surface area contributed by atoms with E-state index in [0.29, 0.717) is 16.8 Å². The molecule has 1 aromatic carbocycles. The van der Waals surface area contributed by atoms with Crippen molar-refractivity contribution in [1.82, 2.24) is 10.3 Å². The highest BCUT2D eigenvalue weighted by molar-refractivity contribution is 6.01. The van der Waals surface area contributed by atoms with Gasteiger partial charge in [-0.3, -0.25) is 9.78 Å². The highest BCUT2D eigenvalue weighted by Gasteiger charge is 2.27. The molecule has 0 aliphatic carbocycles. The number of aromatic nitrogens is 1. The number of halogens is 1. The molecular formula is C17H16FN3O. The van der Waals surface area contributed by atoms with Gasteiger partial charge in [0.2, 0.25) is 0 Å². The van der Waals surface area contributed by atoms with E-state index in [-0.39, 0.29) is 11.9 Å². The van der Waals surface area contributed by atoms with Crippen LogP contribution >= 0.6 is 0 Å². The largest absolute Gasteiger partial charge is 0.374 e. The monoisotopic (exact) mass is 297 g/mol. The van der Waals surface area contributed by atoms with E-state index in [4.69, 9.17) is 5.73 Å². The Bertz CT molecular complexity index is 784. The summed E-state index contributed by atoms with van der Waals surface area (Å²) in [6.07, 6.45) is 3.34. The number of primary amides is 1. The zero-order chi connectivity index (χ0) is 15.9. The molecule has 2 heterocycles. The summed E-state index contributed by atoms with van der Waals surface area (Å²) in [5.74, 6) is -0.882. The molecule has 5 heteroatoms. The number of hydrogen-bond acceptors (Lipinski definition) is 3. The van der Waals surface area contributed by atoms with Crippen LogP contribution in [0.25, 0.3) is 16.7 Å². The first-order valence-corrected chi connectivity index (χ1v) is 7.00. The molecule has 22 heavy (non-hydrogen) atoms. The average molecular weight is 297 g/mol. The van der Waals surface area contributed by atoms with E-state index in [1.54, 1.807) is 19.3 Å². The minimum absolute atomic E-state index is 0.148. The van der Waals surface area contributed by atoms with Crippen LogP contribution in [0.1, 0.15) is 31.0 Å². The van der Waals surface area contributed by atoms with Crippen molar-refractivity contribution in [1.29, 1.82) is 0 Å². The number of fused-ring (bicyclic) bond motifs is 1. The Balaban J connectivity index is 2.30. The van der Waals surface area contributed by atoms with Crippen LogP contribution in [0.5, 0.6) is 0 Å². The Morgan fingerprint density at radius 2 is 1.91 bits per heavy atom. The van der Waals surface area contributed by atoms with E-state index < -0.39 is 5.91 Å². The number of amides is 1. The van der Waals surface area contributed by atoms with Crippen LogP contribution in [0.2, 0.25) is 0 Å². The number of carbonyl (C=O) groups excluding carboxylic acids is 1. The van der Waals surface area contributed by atoms with Crippen molar-refractivity contribution in [3.05, 3.63) is 59.3 Å². The molecule has 1 aliphatic rings. The number of nitrogens with zero attached hydrogens (tertiary/aromatic N) is 1. The maximum Gasteiger partial charge on any atom is 0.265 e. The first kappa shape index (κ1) is 14.3. The van der Waals surface area contributed by atoms with E-state index in [0.717, 1.165) is 16.7 Å². The summed E-state index contributed by atoms with van der Waals surface area (Å²) in [5, 5.41) is 3.12. The molecular weight excluding hydrogens is 281 g/mol. The number of allylic oxidation sites excluding steroid dienone is 1. The molecule has 0 saturated heterocycles. The van der Waals surface area contributed by atoms with Crippen LogP contribution in [0, 0.1) is 5.82 Å². The summed E-state index contributed by atoms with van der Waals surface area (Å²) in [7, 11) is 0. The van der Waals surface area contributed by atoms with E-state index in [9.17, 15) is 9.18 Å². The van der Waals surface area contributed by atoms with Gasteiger partial charge in [0.15, 0.2) is 0 Å². The first-order valence-electron chi connectivity index (χ1n) is 7.00. The molecule has 1 amide bonds. The Morgan fingerprint density at radius 1 is 1.27 bits per heavy atom. The van der Waals surface area contributed by atoms with Crippen molar-refractivity contribution in [2.75, 3.05) is 0 Å². The van der Waals surface area contributed by atoms with E-state index in [2.05, 4.69) is 10.3 Å². The lowest BCUT2D eigenvalue weighted by Crippen LogP contribution is -2.33. The molecule has 1 atom stereocenters. The summed E-state index contributed by atoms with van der Waals surface area (Å²) in [6, 6.07) is 6.49. The van der Waals surface area contributed by atoms with Gasteiger partial charge in [0, 0.05) is 18.4 Å². The van der Waals surface area contributed by atoms with Gasteiger partial charge in [-0.05, 0) is 65.9 Å². The second-order valence-corrected chi connectivity index (χ2v) is 5.38. The van der Waals surface area contributed by atoms with Gasteiger partial charge in [0.25, 0.3) is 5.91 Å². The molecule has 0 fully saturated rings. The van der Waals surface area contributed by atoms with E-state index in [1.165, 1.54) is 12.1 Å². The van der Waals surface area contributed by atoms with E-state index >= 15 is 0 Å². The normalized spacial score (nSPS) is 17.0. The smallest absolute Gasteiger partial charge is 0.265 e. The fourth-order valence-electron chi connectivity index (χ4n) is 2.95. The van der Waals surface area contributed by atoms with Gasteiger partial charge >= 0.3 is 0 Å². The van der Waals surface area contributed by atoms with Crippen molar-refractivity contribution in [2.45, 2.75) is 19.9 Å². The zero-order valence-electron chi connectivity index (χ0n) is 12.4. The maximum absolute atomic E-state index is 14.1. The Morgan fingerprint density at radius 3 is 2.55 bits per heavy atom. The predicted molar refractivity (Wildman–Crippen MR) is 83.0 cm³/mol. The summed E-state index contributed by atoms with van der Waals surface area (Å²) >= 11 is 0. The quantitative estimate of drug-likeness (QED) is 0.895. The van der Waals surface area contributed by atoms with E-state index in [1.807, 2.05) is 19.1 Å². The minimum atomic E-state index is -0.537. The van der Waals surface area contributed by atoms with Crippen molar-refractivity contribution in [3.63, 3.8) is 0 Å². The van der Waals surface area contributed by atoms with Gasteiger partial charge in [0.05, 0.1) is 0 Å². The summed E-state index contributed by atoms with van der Waals surface area (Å²) in [4.78, 5) is 15.6. The van der Waals surface area contributed by atoms with Crippen LogP contribution in [0.4, 0.5) is 4.39 Å². The topological polar surface area (TPSA) is 68.0 Å². The molecule has 0 saturated carbocycles. The molecule has 1 aliphatic heterocycles. The number of rotatable bonds is 2. The maximum atomic E-state index is 14.1. The minimum Gasteiger partial charge on any atom is -0.374 e. The molecule has 0 spiro atoms. The number of nitrogens with two attached hydrogens (primary N) is 1. The molecule has 2 aromatic rings. The molecule has 0 radical (unpaired) electrons. The lowest BCUT2D eigenvalue weighted by molar-refractivity contribution is -0.115. The van der Waals surface area contributed by atoms with Crippen LogP contribution in [0.3, 0.4) is 0 Å².